The van der Waals surface area contributed by atoms with Crippen molar-refractivity contribution in [3.8, 4) is 0 Å². The monoisotopic (exact) mass is 170 g/mol. The van der Waals surface area contributed by atoms with Crippen molar-refractivity contribution in [2.24, 2.45) is 0 Å². The summed E-state index contributed by atoms with van der Waals surface area (Å²) in [7, 11) is 2.04. The molecule has 0 aromatic heterocycles. The summed E-state index contributed by atoms with van der Waals surface area (Å²) in [5.74, 6) is 0. The molecular formula is C9H18N2O. The summed E-state index contributed by atoms with van der Waals surface area (Å²) in [6, 6.07) is 0.774. The first-order chi connectivity index (χ1) is 5.85. The molecule has 1 heterocycles. The van der Waals surface area contributed by atoms with Gasteiger partial charge in [0.2, 0.25) is 0 Å². The van der Waals surface area contributed by atoms with Crippen molar-refractivity contribution < 1.29 is 4.79 Å². The SMILES string of the molecule is C=CC=O.CNC1CCNCC1. The molecular weight excluding hydrogens is 152 g/mol. The molecule has 3 nitrogen and oxygen atoms in total. The van der Waals surface area contributed by atoms with Crippen LogP contribution in [-0.4, -0.2) is 32.5 Å². The molecule has 2 N–H and O–H groups in total. The smallest absolute Gasteiger partial charge is 0.142 e. The molecule has 70 valence electrons. The van der Waals surface area contributed by atoms with Gasteiger partial charge in [-0.15, -0.1) is 0 Å². The van der Waals surface area contributed by atoms with Crippen LogP contribution in [-0.2, 0) is 4.79 Å². The summed E-state index contributed by atoms with van der Waals surface area (Å²) >= 11 is 0. The third kappa shape index (κ3) is 6.07. The fourth-order valence-electron chi connectivity index (χ4n) is 1.11. The lowest BCUT2D eigenvalue weighted by atomic mass is 10.1. The van der Waals surface area contributed by atoms with E-state index in [1.807, 2.05) is 7.05 Å². The van der Waals surface area contributed by atoms with Gasteiger partial charge in [0.15, 0.2) is 0 Å². The van der Waals surface area contributed by atoms with Crippen LogP contribution in [0.1, 0.15) is 12.8 Å². The van der Waals surface area contributed by atoms with Gasteiger partial charge in [-0.1, -0.05) is 6.58 Å². The molecule has 3 heteroatoms. The van der Waals surface area contributed by atoms with E-state index in [1.54, 1.807) is 0 Å². The van der Waals surface area contributed by atoms with Crippen LogP contribution >= 0.6 is 0 Å². The first kappa shape index (κ1) is 11.3. The molecule has 12 heavy (non-hydrogen) atoms. The highest BCUT2D eigenvalue weighted by molar-refractivity contribution is 5.63. The fraction of sp³-hybridized carbons (Fsp3) is 0.667. The Labute approximate surface area is 74.2 Å². The van der Waals surface area contributed by atoms with Gasteiger partial charge in [0.05, 0.1) is 0 Å². The number of rotatable bonds is 2. The molecule has 0 aromatic carbocycles. The van der Waals surface area contributed by atoms with E-state index in [2.05, 4.69) is 17.2 Å². The zero-order valence-corrected chi connectivity index (χ0v) is 7.68. The summed E-state index contributed by atoms with van der Waals surface area (Å²) in [4.78, 5) is 9.06. The molecule has 0 spiro atoms. The molecule has 0 bridgehead atoms. The largest absolute Gasteiger partial charge is 0.317 e. The molecule has 0 aromatic rings. The fourth-order valence-corrected chi connectivity index (χ4v) is 1.11. The van der Waals surface area contributed by atoms with Crippen molar-refractivity contribution in [2.75, 3.05) is 20.1 Å². The Kier molecular flexibility index (Phi) is 7.96. The number of nitrogens with one attached hydrogen (secondary N) is 2. The molecule has 0 aliphatic carbocycles. The quantitative estimate of drug-likeness (QED) is 0.463. The van der Waals surface area contributed by atoms with Gasteiger partial charge in [-0.3, -0.25) is 4.79 Å². The second kappa shape index (κ2) is 8.43. The maximum Gasteiger partial charge on any atom is 0.142 e. The summed E-state index contributed by atoms with van der Waals surface area (Å²) in [5, 5.41) is 6.57. The third-order valence-electron chi connectivity index (χ3n) is 1.84. The van der Waals surface area contributed by atoms with Crippen LogP contribution in [0.5, 0.6) is 0 Å². The van der Waals surface area contributed by atoms with Gasteiger partial charge in [-0.25, -0.2) is 0 Å². The Bertz CT molecular complexity index is 114. The van der Waals surface area contributed by atoms with Gasteiger partial charge >= 0.3 is 0 Å². The van der Waals surface area contributed by atoms with E-state index in [0.29, 0.717) is 6.29 Å². The normalized spacial score (nSPS) is 17.4. The molecule has 1 aliphatic rings. The standard InChI is InChI=1S/C6H14N2.C3H4O/c1-7-6-2-4-8-5-3-6;1-2-3-4/h6-8H,2-5H2,1H3;2-3H,1H2. The van der Waals surface area contributed by atoms with E-state index in [9.17, 15) is 0 Å². The van der Waals surface area contributed by atoms with Crippen molar-refractivity contribution in [2.45, 2.75) is 18.9 Å². The van der Waals surface area contributed by atoms with Gasteiger partial charge in [0.1, 0.15) is 6.29 Å². The number of aldehydes is 1. The van der Waals surface area contributed by atoms with Gasteiger partial charge in [0.25, 0.3) is 0 Å². The van der Waals surface area contributed by atoms with E-state index in [4.69, 9.17) is 4.79 Å². The number of allylic oxidation sites excluding steroid dienone is 1. The van der Waals surface area contributed by atoms with Gasteiger partial charge < -0.3 is 10.6 Å². The van der Waals surface area contributed by atoms with Crippen molar-refractivity contribution >= 4 is 6.29 Å². The van der Waals surface area contributed by atoms with E-state index in [-0.39, 0.29) is 0 Å². The second-order valence-electron chi connectivity index (χ2n) is 2.68. The predicted molar refractivity (Wildman–Crippen MR) is 51.2 cm³/mol. The van der Waals surface area contributed by atoms with E-state index < -0.39 is 0 Å². The summed E-state index contributed by atoms with van der Waals surface area (Å²) < 4.78 is 0. The molecule has 1 saturated heterocycles. The van der Waals surface area contributed by atoms with E-state index >= 15 is 0 Å². The molecule has 0 unspecified atom stereocenters. The Hall–Kier alpha value is -0.670. The van der Waals surface area contributed by atoms with Crippen LogP contribution < -0.4 is 10.6 Å². The maximum atomic E-state index is 9.06. The average Bonchev–Trinajstić information content (AvgIpc) is 2.19. The zero-order valence-electron chi connectivity index (χ0n) is 7.68. The number of hydrogen-bond donors (Lipinski definition) is 2. The van der Waals surface area contributed by atoms with Crippen molar-refractivity contribution in [1.82, 2.24) is 10.6 Å². The van der Waals surface area contributed by atoms with Crippen LogP contribution in [0, 0.1) is 0 Å². The molecule has 1 rings (SSSR count). The Balaban J connectivity index is 0.000000261. The average molecular weight is 170 g/mol. The van der Waals surface area contributed by atoms with Crippen molar-refractivity contribution in [1.29, 1.82) is 0 Å². The Morgan fingerprint density at radius 2 is 2.00 bits per heavy atom. The lowest BCUT2D eigenvalue weighted by Crippen LogP contribution is -2.37. The van der Waals surface area contributed by atoms with Crippen molar-refractivity contribution in [3.05, 3.63) is 12.7 Å². The highest BCUT2D eigenvalue weighted by atomic mass is 16.1. The minimum Gasteiger partial charge on any atom is -0.317 e. The first-order valence-electron chi connectivity index (χ1n) is 4.29. The number of carbonyl (C=O) groups excluding carboxylic acids is 1. The topological polar surface area (TPSA) is 41.1 Å². The Morgan fingerprint density at radius 3 is 2.25 bits per heavy atom. The van der Waals surface area contributed by atoms with Crippen LogP contribution in [0.15, 0.2) is 12.7 Å². The van der Waals surface area contributed by atoms with Crippen molar-refractivity contribution in [3.63, 3.8) is 0 Å². The molecule has 1 fully saturated rings. The highest BCUT2D eigenvalue weighted by Gasteiger charge is 2.08. The minimum atomic E-state index is 0.639. The highest BCUT2D eigenvalue weighted by Crippen LogP contribution is 1.99. The van der Waals surface area contributed by atoms with E-state index in [1.165, 1.54) is 32.0 Å². The number of carbonyl (C=O) groups is 1. The first-order valence-corrected chi connectivity index (χ1v) is 4.29. The molecule has 0 atom stereocenters. The molecule has 0 radical (unpaired) electrons. The van der Waals surface area contributed by atoms with E-state index in [0.717, 1.165) is 6.04 Å². The minimum absolute atomic E-state index is 0.639. The zero-order chi connectivity index (χ0) is 9.23. The van der Waals surface area contributed by atoms with Gasteiger partial charge in [-0.2, -0.15) is 0 Å². The van der Waals surface area contributed by atoms with Gasteiger partial charge in [-0.05, 0) is 39.1 Å². The molecule has 0 amide bonds. The molecule has 1 aliphatic heterocycles. The maximum absolute atomic E-state index is 9.06. The Morgan fingerprint density at radius 1 is 1.50 bits per heavy atom. The third-order valence-corrected chi connectivity index (χ3v) is 1.84. The molecule has 0 saturated carbocycles. The van der Waals surface area contributed by atoms with Crippen LogP contribution in [0.2, 0.25) is 0 Å². The number of hydrogen-bond acceptors (Lipinski definition) is 3. The summed E-state index contributed by atoms with van der Waals surface area (Å²) in [5.41, 5.74) is 0. The van der Waals surface area contributed by atoms with Crippen LogP contribution in [0.25, 0.3) is 0 Å². The summed E-state index contributed by atoms with van der Waals surface area (Å²) in [6.07, 6.45) is 4.41. The van der Waals surface area contributed by atoms with Gasteiger partial charge in [0, 0.05) is 6.04 Å². The lowest BCUT2D eigenvalue weighted by Gasteiger charge is -2.21. The lowest BCUT2D eigenvalue weighted by molar-refractivity contribution is -0.104. The van der Waals surface area contributed by atoms with Crippen LogP contribution in [0.3, 0.4) is 0 Å². The number of piperidine rings is 1. The predicted octanol–water partition coefficient (Wildman–Crippen LogP) is 0.329. The summed E-state index contributed by atoms with van der Waals surface area (Å²) in [6.45, 7) is 5.48. The van der Waals surface area contributed by atoms with Crippen LogP contribution in [0.4, 0.5) is 0 Å². The second-order valence-corrected chi connectivity index (χ2v) is 2.68.